The SMILES string of the molecule is CCc1cc2c(N3CCN(C(=O)CCCOc4cccc5n[nH]nc45)CC3C)ncnc2s1. The van der Waals surface area contributed by atoms with Crippen LogP contribution in [0.3, 0.4) is 0 Å². The normalized spacial score (nSPS) is 16.6. The maximum Gasteiger partial charge on any atom is 0.222 e. The van der Waals surface area contributed by atoms with Crippen molar-refractivity contribution in [3.8, 4) is 5.75 Å². The molecule has 172 valence electrons. The number of ether oxygens (including phenoxy) is 1. The molecule has 10 heteroatoms. The summed E-state index contributed by atoms with van der Waals surface area (Å²) in [6.45, 7) is 6.92. The van der Waals surface area contributed by atoms with E-state index in [1.165, 1.54) is 4.88 Å². The molecule has 1 saturated heterocycles. The van der Waals surface area contributed by atoms with Crippen molar-refractivity contribution in [1.82, 2.24) is 30.3 Å². The molecule has 3 aromatic heterocycles. The summed E-state index contributed by atoms with van der Waals surface area (Å²) in [5, 5.41) is 11.9. The summed E-state index contributed by atoms with van der Waals surface area (Å²) in [5.74, 6) is 1.83. The third-order valence-electron chi connectivity index (χ3n) is 6.06. The Kier molecular flexibility index (Phi) is 6.08. The zero-order valence-corrected chi connectivity index (χ0v) is 19.6. The molecule has 1 aromatic carbocycles. The minimum Gasteiger partial charge on any atom is -0.491 e. The Morgan fingerprint density at radius 2 is 2.18 bits per heavy atom. The Labute approximate surface area is 195 Å². The van der Waals surface area contributed by atoms with E-state index in [0.717, 1.165) is 34.5 Å². The Balaban J connectivity index is 1.15. The maximum atomic E-state index is 12.8. The van der Waals surface area contributed by atoms with Gasteiger partial charge in [0.05, 0.1) is 12.0 Å². The predicted molar refractivity (Wildman–Crippen MR) is 129 cm³/mol. The summed E-state index contributed by atoms with van der Waals surface area (Å²) in [7, 11) is 0. The van der Waals surface area contributed by atoms with Crippen LogP contribution in [0, 0.1) is 0 Å². The number of rotatable bonds is 7. The highest BCUT2D eigenvalue weighted by molar-refractivity contribution is 7.18. The van der Waals surface area contributed by atoms with Crippen molar-refractivity contribution in [3.63, 3.8) is 0 Å². The number of anilines is 1. The van der Waals surface area contributed by atoms with Gasteiger partial charge >= 0.3 is 0 Å². The van der Waals surface area contributed by atoms with E-state index in [1.807, 2.05) is 23.1 Å². The second-order valence-electron chi connectivity index (χ2n) is 8.26. The molecule has 0 aliphatic carbocycles. The number of nitrogens with one attached hydrogen (secondary N) is 1. The zero-order valence-electron chi connectivity index (χ0n) is 18.8. The first kappa shape index (κ1) is 21.6. The number of piperazine rings is 1. The second kappa shape index (κ2) is 9.30. The molecule has 0 bridgehead atoms. The average Bonchev–Trinajstić information content (AvgIpc) is 3.48. The summed E-state index contributed by atoms with van der Waals surface area (Å²) < 4.78 is 5.85. The third-order valence-corrected chi connectivity index (χ3v) is 7.25. The van der Waals surface area contributed by atoms with Crippen molar-refractivity contribution in [2.24, 2.45) is 0 Å². The van der Waals surface area contributed by atoms with Crippen LogP contribution in [0.2, 0.25) is 0 Å². The van der Waals surface area contributed by atoms with E-state index >= 15 is 0 Å². The van der Waals surface area contributed by atoms with Gasteiger partial charge in [-0.05, 0) is 38.0 Å². The van der Waals surface area contributed by atoms with E-state index in [4.69, 9.17) is 4.74 Å². The number of para-hydroxylation sites is 1. The van der Waals surface area contributed by atoms with E-state index < -0.39 is 0 Å². The molecule has 4 heterocycles. The number of thiophene rings is 1. The molecule has 4 aromatic rings. The molecule has 1 unspecified atom stereocenters. The minimum absolute atomic E-state index is 0.168. The summed E-state index contributed by atoms with van der Waals surface area (Å²) in [6.07, 6.45) is 3.76. The highest BCUT2D eigenvalue weighted by atomic mass is 32.1. The fraction of sp³-hybridized carbons (Fsp3) is 0.435. The topological polar surface area (TPSA) is 100 Å². The highest BCUT2D eigenvalue weighted by Crippen LogP contribution is 2.32. The number of carbonyl (C=O) groups excluding carboxylic acids is 1. The summed E-state index contributed by atoms with van der Waals surface area (Å²) in [5.41, 5.74) is 1.48. The zero-order chi connectivity index (χ0) is 22.8. The first-order valence-electron chi connectivity index (χ1n) is 11.3. The van der Waals surface area contributed by atoms with Gasteiger partial charge < -0.3 is 14.5 Å². The fourth-order valence-electron chi connectivity index (χ4n) is 4.32. The van der Waals surface area contributed by atoms with Crippen molar-refractivity contribution >= 4 is 44.3 Å². The van der Waals surface area contributed by atoms with Crippen LogP contribution in [0.4, 0.5) is 5.82 Å². The molecule has 1 aliphatic rings. The third kappa shape index (κ3) is 4.35. The Morgan fingerprint density at radius 3 is 3.03 bits per heavy atom. The number of carbonyl (C=O) groups is 1. The number of fused-ring (bicyclic) bond motifs is 2. The number of hydrogen-bond donors (Lipinski definition) is 1. The average molecular weight is 466 g/mol. The second-order valence-corrected chi connectivity index (χ2v) is 9.38. The van der Waals surface area contributed by atoms with Crippen molar-refractivity contribution in [2.75, 3.05) is 31.1 Å². The summed E-state index contributed by atoms with van der Waals surface area (Å²) >= 11 is 1.73. The Bertz CT molecular complexity index is 1270. The predicted octanol–water partition coefficient (Wildman–Crippen LogP) is 3.42. The van der Waals surface area contributed by atoms with Crippen LogP contribution in [0.25, 0.3) is 21.3 Å². The van der Waals surface area contributed by atoms with Crippen molar-refractivity contribution in [1.29, 1.82) is 0 Å². The van der Waals surface area contributed by atoms with Crippen LogP contribution in [0.1, 0.15) is 31.6 Å². The smallest absolute Gasteiger partial charge is 0.222 e. The van der Waals surface area contributed by atoms with Crippen LogP contribution in [0.5, 0.6) is 5.75 Å². The number of aromatic nitrogens is 5. The van der Waals surface area contributed by atoms with Crippen molar-refractivity contribution in [2.45, 2.75) is 39.2 Å². The first-order chi connectivity index (χ1) is 16.1. The number of H-pyrrole nitrogens is 1. The molecular weight excluding hydrogens is 438 g/mol. The van der Waals surface area contributed by atoms with Crippen LogP contribution in [0.15, 0.2) is 30.6 Å². The largest absolute Gasteiger partial charge is 0.491 e. The number of aryl methyl sites for hydroxylation is 1. The van der Waals surface area contributed by atoms with E-state index in [2.05, 4.69) is 50.2 Å². The lowest BCUT2D eigenvalue weighted by Gasteiger charge is -2.40. The van der Waals surface area contributed by atoms with Gasteiger partial charge in [-0.25, -0.2) is 9.97 Å². The molecule has 0 spiro atoms. The van der Waals surface area contributed by atoms with Gasteiger partial charge in [0.15, 0.2) is 5.52 Å². The van der Waals surface area contributed by atoms with Crippen LogP contribution < -0.4 is 9.64 Å². The maximum absolute atomic E-state index is 12.8. The molecule has 1 fully saturated rings. The molecule has 1 amide bonds. The van der Waals surface area contributed by atoms with Crippen molar-refractivity contribution in [3.05, 3.63) is 35.5 Å². The van der Waals surface area contributed by atoms with Gasteiger partial charge in [0.1, 0.15) is 28.2 Å². The van der Waals surface area contributed by atoms with Crippen LogP contribution >= 0.6 is 11.3 Å². The van der Waals surface area contributed by atoms with Gasteiger partial charge in [-0.2, -0.15) is 15.4 Å². The molecule has 1 N–H and O–H groups in total. The molecule has 33 heavy (non-hydrogen) atoms. The lowest BCUT2D eigenvalue weighted by molar-refractivity contribution is -0.132. The molecule has 5 rings (SSSR count). The van der Waals surface area contributed by atoms with E-state index in [0.29, 0.717) is 43.8 Å². The lowest BCUT2D eigenvalue weighted by Crippen LogP contribution is -2.54. The minimum atomic E-state index is 0.168. The Hall–Kier alpha value is -3.27. The van der Waals surface area contributed by atoms with Gasteiger partial charge in [-0.1, -0.05) is 13.0 Å². The number of hydrogen-bond acceptors (Lipinski definition) is 8. The number of nitrogens with zero attached hydrogens (tertiary/aromatic N) is 6. The summed E-state index contributed by atoms with van der Waals surface area (Å²) in [4.78, 5) is 28.5. The van der Waals surface area contributed by atoms with E-state index in [1.54, 1.807) is 17.7 Å². The van der Waals surface area contributed by atoms with Gasteiger partial charge in [0.25, 0.3) is 0 Å². The van der Waals surface area contributed by atoms with Crippen LogP contribution in [-0.4, -0.2) is 68.5 Å². The monoisotopic (exact) mass is 465 g/mol. The first-order valence-corrected chi connectivity index (χ1v) is 12.2. The fourth-order valence-corrected chi connectivity index (χ4v) is 5.25. The van der Waals surface area contributed by atoms with E-state index in [-0.39, 0.29) is 11.9 Å². The van der Waals surface area contributed by atoms with Gasteiger partial charge in [0.2, 0.25) is 5.91 Å². The van der Waals surface area contributed by atoms with Crippen molar-refractivity contribution < 1.29 is 9.53 Å². The van der Waals surface area contributed by atoms with E-state index in [9.17, 15) is 4.79 Å². The molecule has 0 saturated carbocycles. The molecule has 1 aliphatic heterocycles. The van der Waals surface area contributed by atoms with Crippen LogP contribution in [-0.2, 0) is 11.2 Å². The molecule has 1 atom stereocenters. The highest BCUT2D eigenvalue weighted by Gasteiger charge is 2.28. The number of benzene rings is 1. The lowest BCUT2D eigenvalue weighted by atomic mass is 10.1. The standard InChI is InChI=1S/C23H27N7O2S/c1-3-16-12-17-22(24-14-25-23(17)33-16)30-10-9-29(13-15(30)2)20(31)8-5-11-32-19-7-4-6-18-21(19)27-28-26-18/h4,6-7,12,14-15H,3,5,8-11,13H2,1-2H3,(H,26,27,28). The molecule has 9 nitrogen and oxygen atoms in total. The van der Waals surface area contributed by atoms with Gasteiger partial charge in [0, 0.05) is 37.0 Å². The molecular formula is C23H27N7O2S. The summed E-state index contributed by atoms with van der Waals surface area (Å²) in [6, 6.07) is 8.03. The van der Waals surface area contributed by atoms with Gasteiger partial charge in [-0.3, -0.25) is 4.79 Å². The Morgan fingerprint density at radius 1 is 1.27 bits per heavy atom. The quantitative estimate of drug-likeness (QED) is 0.417. The number of aromatic amines is 1. The van der Waals surface area contributed by atoms with Gasteiger partial charge in [-0.15, -0.1) is 11.3 Å². The molecule has 0 radical (unpaired) electrons. The number of amides is 1.